The average Bonchev–Trinajstić information content (AvgIpc) is 3.05. The maximum Gasteiger partial charge on any atom is 0.269 e. The van der Waals surface area contributed by atoms with Crippen LogP contribution in [0.2, 0.25) is 0 Å². The Morgan fingerprint density at radius 1 is 1.16 bits per heavy atom. The molecule has 3 aromatic rings. The zero-order chi connectivity index (χ0) is 18.0. The molecule has 0 radical (unpaired) electrons. The molecular formula is C18H20N4O2S. The molecule has 6 nitrogen and oxygen atoms in total. The number of carbonyl (C=O) groups excluding carboxylic acids is 1. The zero-order valence-corrected chi connectivity index (χ0v) is 15.4. The second kappa shape index (κ2) is 6.98. The predicted molar refractivity (Wildman–Crippen MR) is 103 cm³/mol. The normalized spacial score (nSPS) is 10.6. The van der Waals surface area contributed by atoms with Crippen molar-refractivity contribution < 1.29 is 9.53 Å². The summed E-state index contributed by atoms with van der Waals surface area (Å²) in [6.45, 7) is 2.02. The SMILES string of the molecule is COc1ccc(C)c2sc(NNC(=O)c3ccc(N(C)C)cc3)nc12. The minimum absolute atomic E-state index is 0.215. The molecule has 0 aliphatic carbocycles. The largest absolute Gasteiger partial charge is 0.494 e. The Bertz CT molecular complexity index is 903. The van der Waals surface area contributed by atoms with Crippen molar-refractivity contribution in [1.82, 2.24) is 10.4 Å². The third kappa shape index (κ3) is 3.51. The summed E-state index contributed by atoms with van der Waals surface area (Å²) in [6.07, 6.45) is 0. The molecule has 0 atom stereocenters. The Hall–Kier alpha value is -2.80. The summed E-state index contributed by atoms with van der Waals surface area (Å²) in [5, 5.41) is 0.612. The number of nitrogens with one attached hydrogen (secondary N) is 2. The van der Waals surface area contributed by atoms with Crippen molar-refractivity contribution in [3.63, 3.8) is 0 Å². The molecule has 0 saturated carbocycles. The van der Waals surface area contributed by atoms with Crippen molar-refractivity contribution in [2.45, 2.75) is 6.92 Å². The zero-order valence-electron chi connectivity index (χ0n) is 14.6. The fraction of sp³-hybridized carbons (Fsp3) is 0.222. The number of methoxy groups -OCH3 is 1. The molecule has 0 saturated heterocycles. The molecule has 0 aliphatic heterocycles. The number of nitrogens with zero attached hydrogens (tertiary/aromatic N) is 2. The van der Waals surface area contributed by atoms with Gasteiger partial charge in [0.2, 0.25) is 5.13 Å². The highest BCUT2D eigenvalue weighted by Gasteiger charge is 2.12. The summed E-state index contributed by atoms with van der Waals surface area (Å²) in [5.74, 6) is 0.503. The molecule has 0 bridgehead atoms. The molecule has 130 valence electrons. The number of fused-ring (bicyclic) bond motifs is 1. The molecule has 0 aliphatic rings. The summed E-state index contributed by atoms with van der Waals surface area (Å²) < 4.78 is 6.38. The number of anilines is 2. The number of ether oxygens (including phenoxy) is 1. The average molecular weight is 356 g/mol. The van der Waals surface area contributed by atoms with E-state index in [1.807, 2.05) is 50.2 Å². The third-order valence-electron chi connectivity index (χ3n) is 3.85. The van der Waals surface area contributed by atoms with Gasteiger partial charge in [0.25, 0.3) is 5.91 Å². The van der Waals surface area contributed by atoms with Crippen LogP contribution < -0.4 is 20.5 Å². The molecule has 3 rings (SSSR count). The van der Waals surface area contributed by atoms with Gasteiger partial charge in [-0.05, 0) is 42.8 Å². The summed E-state index contributed by atoms with van der Waals surface area (Å²) in [7, 11) is 5.54. The van der Waals surface area contributed by atoms with Crippen LogP contribution in [-0.4, -0.2) is 32.1 Å². The molecule has 2 aromatic carbocycles. The number of carbonyl (C=O) groups is 1. The third-order valence-corrected chi connectivity index (χ3v) is 4.96. The van der Waals surface area contributed by atoms with E-state index >= 15 is 0 Å². The van der Waals surface area contributed by atoms with Gasteiger partial charge in [-0.15, -0.1) is 0 Å². The lowest BCUT2D eigenvalue weighted by atomic mass is 10.2. The predicted octanol–water partition coefficient (Wildman–Crippen LogP) is 3.44. The van der Waals surface area contributed by atoms with Crippen LogP contribution >= 0.6 is 11.3 Å². The number of rotatable bonds is 5. The van der Waals surface area contributed by atoms with E-state index in [0.717, 1.165) is 27.2 Å². The Morgan fingerprint density at radius 2 is 1.88 bits per heavy atom. The topological polar surface area (TPSA) is 66.5 Å². The number of amides is 1. The first-order valence-corrected chi connectivity index (χ1v) is 8.59. The lowest BCUT2D eigenvalue weighted by Gasteiger charge is -2.12. The van der Waals surface area contributed by atoms with Gasteiger partial charge in [-0.3, -0.25) is 15.6 Å². The maximum atomic E-state index is 12.3. The first-order chi connectivity index (χ1) is 12.0. The number of hydrazine groups is 1. The highest BCUT2D eigenvalue weighted by atomic mass is 32.1. The van der Waals surface area contributed by atoms with Gasteiger partial charge in [-0.2, -0.15) is 0 Å². The lowest BCUT2D eigenvalue weighted by Crippen LogP contribution is -2.29. The van der Waals surface area contributed by atoms with E-state index in [-0.39, 0.29) is 5.91 Å². The molecule has 1 aromatic heterocycles. The van der Waals surface area contributed by atoms with Crippen molar-refractivity contribution in [2.24, 2.45) is 0 Å². The second-order valence-corrected chi connectivity index (χ2v) is 6.80. The monoisotopic (exact) mass is 356 g/mol. The lowest BCUT2D eigenvalue weighted by molar-refractivity contribution is 0.0962. The molecule has 2 N–H and O–H groups in total. The number of aryl methyl sites for hydroxylation is 1. The summed E-state index contributed by atoms with van der Waals surface area (Å²) >= 11 is 1.47. The molecule has 1 heterocycles. The minimum atomic E-state index is -0.215. The number of hydrogen-bond acceptors (Lipinski definition) is 6. The number of benzene rings is 2. The van der Waals surface area contributed by atoms with E-state index in [2.05, 4.69) is 15.8 Å². The van der Waals surface area contributed by atoms with Crippen molar-refractivity contribution >= 4 is 38.3 Å². The van der Waals surface area contributed by atoms with Gasteiger partial charge in [0.1, 0.15) is 11.3 Å². The standard InChI is InChI=1S/C18H20N4O2S/c1-11-5-10-14(24-4)15-16(11)25-18(19-15)21-20-17(23)12-6-8-13(9-7-12)22(2)3/h5-10H,1-4H3,(H,19,21)(H,20,23). The van der Waals surface area contributed by atoms with Gasteiger partial charge in [0.05, 0.1) is 11.8 Å². The van der Waals surface area contributed by atoms with Gasteiger partial charge >= 0.3 is 0 Å². The summed E-state index contributed by atoms with van der Waals surface area (Å²) in [6, 6.07) is 11.3. The molecular weight excluding hydrogens is 336 g/mol. The van der Waals surface area contributed by atoms with Crippen LogP contribution in [0.1, 0.15) is 15.9 Å². The van der Waals surface area contributed by atoms with E-state index in [4.69, 9.17) is 4.74 Å². The van der Waals surface area contributed by atoms with Crippen LogP contribution in [0.15, 0.2) is 36.4 Å². The van der Waals surface area contributed by atoms with Crippen molar-refractivity contribution in [3.05, 3.63) is 47.5 Å². The highest BCUT2D eigenvalue weighted by Crippen LogP contribution is 2.34. The van der Waals surface area contributed by atoms with E-state index in [9.17, 15) is 4.79 Å². The smallest absolute Gasteiger partial charge is 0.269 e. The minimum Gasteiger partial charge on any atom is -0.494 e. The van der Waals surface area contributed by atoms with Gasteiger partial charge < -0.3 is 9.64 Å². The summed E-state index contributed by atoms with van der Waals surface area (Å²) in [5.41, 5.74) is 9.10. The maximum absolute atomic E-state index is 12.3. The van der Waals surface area contributed by atoms with Crippen molar-refractivity contribution in [3.8, 4) is 5.75 Å². The molecule has 0 spiro atoms. The van der Waals surface area contributed by atoms with E-state index in [1.54, 1.807) is 19.2 Å². The van der Waals surface area contributed by atoms with E-state index < -0.39 is 0 Å². The fourth-order valence-corrected chi connectivity index (χ4v) is 3.33. The van der Waals surface area contributed by atoms with Gasteiger partial charge in [-0.1, -0.05) is 17.4 Å². The van der Waals surface area contributed by atoms with Crippen LogP contribution in [0.25, 0.3) is 10.2 Å². The van der Waals surface area contributed by atoms with Crippen molar-refractivity contribution in [2.75, 3.05) is 31.5 Å². The van der Waals surface area contributed by atoms with Crippen LogP contribution in [0, 0.1) is 6.92 Å². The second-order valence-electron chi connectivity index (χ2n) is 5.80. The van der Waals surface area contributed by atoms with Crippen LogP contribution in [-0.2, 0) is 0 Å². The van der Waals surface area contributed by atoms with Crippen LogP contribution in [0.4, 0.5) is 10.8 Å². The molecule has 0 unspecified atom stereocenters. The fourth-order valence-electron chi connectivity index (χ4n) is 2.42. The van der Waals surface area contributed by atoms with Gasteiger partial charge in [-0.25, -0.2) is 4.98 Å². The van der Waals surface area contributed by atoms with Gasteiger partial charge in [0.15, 0.2) is 0 Å². The number of hydrogen-bond donors (Lipinski definition) is 2. The molecule has 1 amide bonds. The first-order valence-electron chi connectivity index (χ1n) is 7.77. The Morgan fingerprint density at radius 3 is 2.52 bits per heavy atom. The number of aromatic nitrogens is 1. The Kier molecular flexibility index (Phi) is 4.76. The van der Waals surface area contributed by atoms with Crippen LogP contribution in [0.5, 0.6) is 5.75 Å². The molecule has 7 heteroatoms. The van der Waals surface area contributed by atoms with Crippen molar-refractivity contribution in [1.29, 1.82) is 0 Å². The molecule has 25 heavy (non-hydrogen) atoms. The Balaban J connectivity index is 1.74. The van der Waals surface area contributed by atoms with E-state index in [1.165, 1.54) is 11.3 Å². The summed E-state index contributed by atoms with van der Waals surface area (Å²) in [4.78, 5) is 18.8. The number of thiazole rings is 1. The first kappa shape index (κ1) is 17.0. The quantitative estimate of drug-likeness (QED) is 0.686. The Labute approximate surface area is 150 Å². The highest BCUT2D eigenvalue weighted by molar-refractivity contribution is 7.22. The van der Waals surface area contributed by atoms with E-state index in [0.29, 0.717) is 10.7 Å². The van der Waals surface area contributed by atoms with Crippen LogP contribution in [0.3, 0.4) is 0 Å². The molecule has 0 fully saturated rings. The van der Waals surface area contributed by atoms with Gasteiger partial charge in [0, 0.05) is 25.3 Å².